The molecule has 0 saturated heterocycles. The number of anilines is 3. The Morgan fingerprint density at radius 3 is 2.29 bits per heavy atom. The molecule has 0 aliphatic heterocycles. The summed E-state index contributed by atoms with van der Waals surface area (Å²) in [5.74, 6) is -0.116. The summed E-state index contributed by atoms with van der Waals surface area (Å²) in [4.78, 5) is 14.4. The molecule has 0 fully saturated rings. The molecule has 0 bridgehead atoms. The molecule has 2 rings (SSSR count). The Bertz CT molecular complexity index is 654. The summed E-state index contributed by atoms with van der Waals surface area (Å²) in [5, 5.41) is 2.98. The van der Waals surface area contributed by atoms with Crippen molar-refractivity contribution in [2.45, 2.75) is 13.8 Å². The summed E-state index contributed by atoms with van der Waals surface area (Å²) in [6.07, 6.45) is 0. The Morgan fingerprint density at radius 2 is 1.71 bits per heavy atom. The van der Waals surface area contributed by atoms with Crippen molar-refractivity contribution in [3.8, 4) is 0 Å². The van der Waals surface area contributed by atoms with Crippen LogP contribution in [-0.2, 0) is 0 Å². The third-order valence-corrected chi connectivity index (χ3v) is 3.42. The normalized spacial score (nSPS) is 10.3. The molecule has 0 radical (unpaired) electrons. The van der Waals surface area contributed by atoms with Crippen LogP contribution in [0.4, 0.5) is 17.1 Å². The minimum absolute atomic E-state index is 0.116. The lowest BCUT2D eigenvalue weighted by atomic mass is 10.1. The highest BCUT2D eigenvalue weighted by Gasteiger charge is 2.11. The molecule has 4 nitrogen and oxygen atoms in total. The first kappa shape index (κ1) is 14.9. The summed E-state index contributed by atoms with van der Waals surface area (Å²) in [7, 11) is 3.90. The third-order valence-electron chi connectivity index (χ3n) is 3.42. The number of carbonyl (C=O) groups is 1. The van der Waals surface area contributed by atoms with E-state index in [0.29, 0.717) is 11.3 Å². The van der Waals surface area contributed by atoms with E-state index in [1.165, 1.54) is 0 Å². The van der Waals surface area contributed by atoms with Gasteiger partial charge >= 0.3 is 0 Å². The van der Waals surface area contributed by atoms with Crippen molar-refractivity contribution in [3.63, 3.8) is 0 Å². The van der Waals surface area contributed by atoms with Gasteiger partial charge in [-0.05, 0) is 55.3 Å². The Morgan fingerprint density at radius 1 is 1.10 bits per heavy atom. The highest BCUT2D eigenvalue weighted by atomic mass is 16.1. The van der Waals surface area contributed by atoms with Crippen LogP contribution in [0.15, 0.2) is 36.4 Å². The van der Waals surface area contributed by atoms with Crippen molar-refractivity contribution >= 4 is 23.0 Å². The monoisotopic (exact) mass is 283 g/mol. The van der Waals surface area contributed by atoms with Gasteiger partial charge in [-0.3, -0.25) is 4.79 Å². The van der Waals surface area contributed by atoms with E-state index in [9.17, 15) is 4.79 Å². The predicted molar refractivity (Wildman–Crippen MR) is 89.1 cm³/mol. The van der Waals surface area contributed by atoms with Crippen molar-refractivity contribution in [1.29, 1.82) is 0 Å². The van der Waals surface area contributed by atoms with E-state index in [1.807, 2.05) is 69.2 Å². The molecular formula is C17H21N3O. The van der Waals surface area contributed by atoms with Crippen molar-refractivity contribution in [2.75, 3.05) is 30.0 Å². The topological polar surface area (TPSA) is 58.4 Å². The maximum absolute atomic E-state index is 12.4. The fourth-order valence-corrected chi connectivity index (χ4v) is 2.31. The first-order valence-electron chi connectivity index (χ1n) is 6.84. The first-order valence-corrected chi connectivity index (χ1v) is 6.84. The summed E-state index contributed by atoms with van der Waals surface area (Å²) >= 11 is 0. The van der Waals surface area contributed by atoms with Crippen LogP contribution in [-0.4, -0.2) is 20.0 Å². The van der Waals surface area contributed by atoms with Crippen LogP contribution in [0.3, 0.4) is 0 Å². The summed E-state index contributed by atoms with van der Waals surface area (Å²) in [6.45, 7) is 3.88. The smallest absolute Gasteiger partial charge is 0.255 e. The van der Waals surface area contributed by atoms with E-state index in [0.717, 1.165) is 22.5 Å². The largest absolute Gasteiger partial charge is 0.399 e. The molecule has 2 aromatic rings. The fraction of sp³-hybridized carbons (Fsp3) is 0.235. The maximum Gasteiger partial charge on any atom is 0.255 e. The lowest BCUT2D eigenvalue weighted by Gasteiger charge is -2.15. The Hall–Kier alpha value is -2.49. The van der Waals surface area contributed by atoms with E-state index >= 15 is 0 Å². The molecule has 0 aliphatic rings. The zero-order valence-electron chi connectivity index (χ0n) is 12.9. The van der Waals surface area contributed by atoms with E-state index in [4.69, 9.17) is 5.73 Å². The number of nitrogens with two attached hydrogens (primary N) is 1. The molecule has 21 heavy (non-hydrogen) atoms. The van der Waals surface area contributed by atoms with Crippen molar-refractivity contribution < 1.29 is 4.79 Å². The fourth-order valence-electron chi connectivity index (χ4n) is 2.31. The number of hydrogen-bond donors (Lipinski definition) is 2. The molecule has 0 unspecified atom stereocenters. The van der Waals surface area contributed by atoms with Crippen molar-refractivity contribution in [2.24, 2.45) is 0 Å². The molecular weight excluding hydrogens is 262 g/mol. The minimum atomic E-state index is -0.116. The van der Waals surface area contributed by atoms with Crippen LogP contribution >= 0.6 is 0 Å². The standard InChI is InChI=1S/C17H21N3O/c1-11-8-14(18)9-12(2)16(11)19-17(21)13-6-5-7-15(10-13)20(3)4/h5-10H,18H2,1-4H3,(H,19,21). The van der Waals surface area contributed by atoms with Gasteiger partial charge in [0.25, 0.3) is 5.91 Å². The second kappa shape index (κ2) is 5.87. The van der Waals surface area contributed by atoms with Gasteiger partial charge < -0.3 is 16.0 Å². The van der Waals surface area contributed by atoms with Crippen LogP contribution < -0.4 is 16.0 Å². The molecule has 4 heteroatoms. The molecule has 0 spiro atoms. The first-order chi connectivity index (χ1) is 9.88. The van der Waals surface area contributed by atoms with Gasteiger partial charge in [-0.2, -0.15) is 0 Å². The SMILES string of the molecule is Cc1cc(N)cc(C)c1NC(=O)c1cccc(N(C)C)c1. The number of amides is 1. The Labute approximate surface area is 125 Å². The van der Waals surface area contributed by atoms with Crippen molar-refractivity contribution in [1.82, 2.24) is 0 Å². The molecule has 0 atom stereocenters. The highest BCUT2D eigenvalue weighted by molar-refractivity contribution is 6.05. The summed E-state index contributed by atoms with van der Waals surface area (Å²) in [6, 6.07) is 11.3. The van der Waals surface area contributed by atoms with E-state index in [-0.39, 0.29) is 5.91 Å². The molecule has 0 aliphatic carbocycles. The second-order valence-corrected chi connectivity index (χ2v) is 5.43. The number of aryl methyl sites for hydroxylation is 2. The molecule has 0 aromatic heterocycles. The highest BCUT2D eigenvalue weighted by Crippen LogP contribution is 2.24. The van der Waals surface area contributed by atoms with Gasteiger partial charge in [0, 0.05) is 36.7 Å². The van der Waals surface area contributed by atoms with Gasteiger partial charge in [-0.1, -0.05) is 6.07 Å². The van der Waals surface area contributed by atoms with E-state index in [2.05, 4.69) is 5.32 Å². The number of benzene rings is 2. The van der Waals surface area contributed by atoms with Crippen LogP contribution in [0.5, 0.6) is 0 Å². The Balaban J connectivity index is 2.28. The van der Waals surface area contributed by atoms with Gasteiger partial charge in [-0.25, -0.2) is 0 Å². The number of rotatable bonds is 3. The maximum atomic E-state index is 12.4. The molecule has 0 heterocycles. The van der Waals surface area contributed by atoms with Crippen LogP contribution in [0.25, 0.3) is 0 Å². The molecule has 0 saturated carbocycles. The lowest BCUT2D eigenvalue weighted by Crippen LogP contribution is -2.15. The zero-order chi connectivity index (χ0) is 15.6. The van der Waals surface area contributed by atoms with E-state index in [1.54, 1.807) is 0 Å². The van der Waals surface area contributed by atoms with Gasteiger partial charge in [0.2, 0.25) is 0 Å². The van der Waals surface area contributed by atoms with Crippen molar-refractivity contribution in [3.05, 3.63) is 53.1 Å². The number of nitrogens with zero attached hydrogens (tertiary/aromatic N) is 1. The number of hydrogen-bond acceptors (Lipinski definition) is 3. The third kappa shape index (κ3) is 3.34. The molecule has 1 amide bonds. The molecule has 2 aromatic carbocycles. The number of carbonyl (C=O) groups excluding carboxylic acids is 1. The van der Waals surface area contributed by atoms with Crippen LogP contribution in [0.2, 0.25) is 0 Å². The zero-order valence-corrected chi connectivity index (χ0v) is 12.9. The lowest BCUT2D eigenvalue weighted by molar-refractivity contribution is 0.102. The quantitative estimate of drug-likeness (QED) is 0.850. The molecule has 3 N–H and O–H groups in total. The minimum Gasteiger partial charge on any atom is -0.399 e. The van der Waals surface area contributed by atoms with Crippen LogP contribution in [0, 0.1) is 13.8 Å². The number of nitrogen functional groups attached to an aromatic ring is 1. The summed E-state index contributed by atoms with van der Waals surface area (Å²) < 4.78 is 0. The Kier molecular flexibility index (Phi) is 4.17. The van der Waals surface area contributed by atoms with Gasteiger partial charge in [-0.15, -0.1) is 0 Å². The van der Waals surface area contributed by atoms with Gasteiger partial charge in [0.05, 0.1) is 0 Å². The summed E-state index contributed by atoms with van der Waals surface area (Å²) in [5.41, 5.74) is 10.9. The average molecular weight is 283 g/mol. The van der Waals surface area contributed by atoms with Crippen LogP contribution in [0.1, 0.15) is 21.5 Å². The second-order valence-electron chi connectivity index (χ2n) is 5.43. The average Bonchev–Trinajstić information content (AvgIpc) is 2.42. The number of nitrogens with one attached hydrogen (secondary N) is 1. The van der Waals surface area contributed by atoms with Gasteiger partial charge in [0.15, 0.2) is 0 Å². The van der Waals surface area contributed by atoms with Gasteiger partial charge in [0.1, 0.15) is 0 Å². The molecule has 110 valence electrons. The van der Waals surface area contributed by atoms with E-state index < -0.39 is 0 Å². The predicted octanol–water partition coefficient (Wildman–Crippen LogP) is 3.20.